The molecule has 3 aromatic rings. The van der Waals surface area contributed by atoms with Crippen LogP contribution in [0.15, 0.2) is 49.2 Å². The second-order valence-corrected chi connectivity index (χ2v) is 3.58. The lowest BCUT2D eigenvalue weighted by Gasteiger charge is -2.06. The summed E-state index contributed by atoms with van der Waals surface area (Å²) >= 11 is 0. The highest BCUT2D eigenvalue weighted by Gasteiger charge is 2.03. The summed E-state index contributed by atoms with van der Waals surface area (Å²) in [6.45, 7) is 0. The molecule has 0 saturated carbocycles. The van der Waals surface area contributed by atoms with Gasteiger partial charge in [-0.1, -0.05) is 0 Å². The lowest BCUT2D eigenvalue weighted by molar-refractivity contribution is 1.06. The van der Waals surface area contributed by atoms with Crippen LogP contribution in [0.4, 0.5) is 5.69 Å². The molecular weight excluding hydrogens is 200 g/mol. The molecule has 3 rings (SSSR count). The molecule has 0 bridgehead atoms. The van der Waals surface area contributed by atoms with Gasteiger partial charge >= 0.3 is 0 Å². The number of nitrogen functional groups attached to an aromatic ring is 1. The zero-order valence-electron chi connectivity index (χ0n) is 8.54. The van der Waals surface area contributed by atoms with E-state index < -0.39 is 0 Å². The number of nitrogens with two attached hydrogens (primary N) is 1. The van der Waals surface area contributed by atoms with Gasteiger partial charge in [0, 0.05) is 29.7 Å². The van der Waals surface area contributed by atoms with E-state index in [1.807, 2.05) is 35.0 Å². The Morgan fingerprint density at radius 3 is 2.88 bits per heavy atom. The Hall–Kier alpha value is -2.36. The molecule has 0 radical (unpaired) electrons. The van der Waals surface area contributed by atoms with E-state index in [9.17, 15) is 0 Å². The van der Waals surface area contributed by atoms with Crippen LogP contribution in [0.2, 0.25) is 0 Å². The van der Waals surface area contributed by atoms with E-state index in [1.165, 1.54) is 0 Å². The summed E-state index contributed by atoms with van der Waals surface area (Å²) in [4.78, 5) is 8.34. The Labute approximate surface area is 92.4 Å². The third kappa shape index (κ3) is 1.32. The largest absolute Gasteiger partial charge is 0.399 e. The fraction of sp³-hybridized carbons (Fsp3) is 0. The third-order valence-electron chi connectivity index (χ3n) is 2.53. The molecule has 0 fully saturated rings. The fourth-order valence-electron chi connectivity index (χ4n) is 1.78. The molecule has 0 unspecified atom stereocenters. The molecule has 4 heteroatoms. The first-order valence-electron chi connectivity index (χ1n) is 4.97. The van der Waals surface area contributed by atoms with Crippen molar-refractivity contribution in [1.82, 2.24) is 14.5 Å². The molecule has 0 aliphatic heterocycles. The van der Waals surface area contributed by atoms with Gasteiger partial charge in [0.25, 0.3) is 0 Å². The Balaban J connectivity index is 2.34. The number of nitrogens with zero attached hydrogens (tertiary/aromatic N) is 3. The maximum Gasteiger partial charge on any atom is 0.0991 e. The number of pyridine rings is 1. The summed E-state index contributed by atoms with van der Waals surface area (Å²) in [5, 5.41) is 1.06. The van der Waals surface area contributed by atoms with Gasteiger partial charge < -0.3 is 10.3 Å². The van der Waals surface area contributed by atoms with E-state index in [0.29, 0.717) is 0 Å². The van der Waals surface area contributed by atoms with Crippen molar-refractivity contribution in [3.63, 3.8) is 0 Å². The summed E-state index contributed by atoms with van der Waals surface area (Å²) in [6, 6.07) is 7.69. The predicted octanol–water partition coefficient (Wildman–Crippen LogP) is 2.00. The minimum absolute atomic E-state index is 0.725. The number of rotatable bonds is 1. The quantitative estimate of drug-likeness (QED) is 0.625. The summed E-state index contributed by atoms with van der Waals surface area (Å²) < 4.78 is 1.96. The van der Waals surface area contributed by atoms with E-state index in [0.717, 1.165) is 22.3 Å². The smallest absolute Gasteiger partial charge is 0.0991 e. The fourth-order valence-corrected chi connectivity index (χ4v) is 1.78. The standard InChI is InChI=1S/C12H10N4/c13-9-1-2-10-11(7-9)15-4-3-12(10)16-6-5-14-8-16/h1-8H,13H2. The number of hydrogen-bond acceptors (Lipinski definition) is 3. The second-order valence-electron chi connectivity index (χ2n) is 3.58. The van der Waals surface area contributed by atoms with Crippen LogP contribution < -0.4 is 5.73 Å². The third-order valence-corrected chi connectivity index (χ3v) is 2.53. The zero-order chi connectivity index (χ0) is 11.0. The Kier molecular flexibility index (Phi) is 1.86. The van der Waals surface area contributed by atoms with Gasteiger partial charge in [0.05, 0.1) is 17.5 Å². The molecule has 0 saturated heterocycles. The van der Waals surface area contributed by atoms with Gasteiger partial charge in [-0.15, -0.1) is 0 Å². The first-order chi connectivity index (χ1) is 7.84. The van der Waals surface area contributed by atoms with Gasteiger partial charge in [-0.3, -0.25) is 4.98 Å². The van der Waals surface area contributed by atoms with E-state index in [4.69, 9.17) is 5.73 Å². The van der Waals surface area contributed by atoms with E-state index >= 15 is 0 Å². The monoisotopic (exact) mass is 210 g/mol. The average molecular weight is 210 g/mol. The average Bonchev–Trinajstić information content (AvgIpc) is 2.81. The summed E-state index contributed by atoms with van der Waals surface area (Å²) in [7, 11) is 0. The highest BCUT2D eigenvalue weighted by Crippen LogP contribution is 2.21. The van der Waals surface area contributed by atoms with Crippen molar-refractivity contribution < 1.29 is 0 Å². The normalized spacial score (nSPS) is 10.8. The Morgan fingerprint density at radius 1 is 1.12 bits per heavy atom. The molecule has 0 spiro atoms. The first kappa shape index (κ1) is 8.91. The zero-order valence-corrected chi connectivity index (χ0v) is 8.54. The first-order valence-corrected chi connectivity index (χ1v) is 4.97. The SMILES string of the molecule is Nc1ccc2c(-n3ccnc3)ccnc2c1. The van der Waals surface area contributed by atoms with Crippen molar-refractivity contribution in [1.29, 1.82) is 0 Å². The van der Waals surface area contributed by atoms with Gasteiger partial charge in [0.2, 0.25) is 0 Å². The minimum Gasteiger partial charge on any atom is -0.399 e. The molecule has 0 aliphatic carbocycles. The minimum atomic E-state index is 0.725. The van der Waals surface area contributed by atoms with Gasteiger partial charge in [-0.2, -0.15) is 0 Å². The molecular formula is C12H10N4. The van der Waals surface area contributed by atoms with Crippen LogP contribution in [0, 0.1) is 0 Å². The van der Waals surface area contributed by atoms with Crippen LogP contribution in [-0.4, -0.2) is 14.5 Å². The topological polar surface area (TPSA) is 56.7 Å². The molecule has 2 N–H and O–H groups in total. The molecule has 1 aromatic carbocycles. The highest BCUT2D eigenvalue weighted by molar-refractivity contribution is 5.89. The van der Waals surface area contributed by atoms with Gasteiger partial charge in [-0.25, -0.2) is 4.98 Å². The molecule has 78 valence electrons. The van der Waals surface area contributed by atoms with Crippen molar-refractivity contribution in [2.24, 2.45) is 0 Å². The van der Waals surface area contributed by atoms with Crippen LogP contribution in [-0.2, 0) is 0 Å². The van der Waals surface area contributed by atoms with Crippen LogP contribution in [0.3, 0.4) is 0 Å². The molecule has 0 atom stereocenters. The molecule has 0 amide bonds. The van der Waals surface area contributed by atoms with Crippen molar-refractivity contribution in [2.75, 3.05) is 5.73 Å². The van der Waals surface area contributed by atoms with E-state index in [2.05, 4.69) is 9.97 Å². The number of benzene rings is 1. The van der Waals surface area contributed by atoms with Gasteiger partial charge in [0.1, 0.15) is 0 Å². The maximum atomic E-state index is 5.73. The van der Waals surface area contributed by atoms with Crippen LogP contribution in [0.5, 0.6) is 0 Å². The molecule has 16 heavy (non-hydrogen) atoms. The molecule has 0 aliphatic rings. The number of aromatic nitrogens is 3. The number of anilines is 1. The highest BCUT2D eigenvalue weighted by atomic mass is 15.0. The summed E-state index contributed by atoms with van der Waals surface area (Å²) in [5.74, 6) is 0. The summed E-state index contributed by atoms with van der Waals surface area (Å²) in [6.07, 6.45) is 7.21. The molecule has 4 nitrogen and oxygen atoms in total. The van der Waals surface area contributed by atoms with Gasteiger partial charge in [0.15, 0.2) is 0 Å². The molecule has 2 heterocycles. The Morgan fingerprint density at radius 2 is 2.06 bits per heavy atom. The number of fused-ring (bicyclic) bond motifs is 1. The maximum absolute atomic E-state index is 5.73. The number of imidazole rings is 1. The lowest BCUT2D eigenvalue weighted by atomic mass is 10.1. The summed E-state index contributed by atoms with van der Waals surface area (Å²) in [5.41, 5.74) is 8.41. The van der Waals surface area contributed by atoms with Crippen LogP contribution in [0.25, 0.3) is 16.6 Å². The number of hydrogen-bond donors (Lipinski definition) is 1. The van der Waals surface area contributed by atoms with Crippen molar-refractivity contribution in [3.05, 3.63) is 49.2 Å². The predicted molar refractivity (Wildman–Crippen MR) is 63.3 cm³/mol. The van der Waals surface area contributed by atoms with E-state index in [1.54, 1.807) is 18.7 Å². The van der Waals surface area contributed by atoms with Crippen molar-refractivity contribution in [2.45, 2.75) is 0 Å². The molecule has 2 aromatic heterocycles. The van der Waals surface area contributed by atoms with E-state index in [-0.39, 0.29) is 0 Å². The van der Waals surface area contributed by atoms with Gasteiger partial charge in [-0.05, 0) is 24.3 Å². The lowest BCUT2D eigenvalue weighted by Crippen LogP contribution is -1.94. The van der Waals surface area contributed by atoms with Crippen molar-refractivity contribution in [3.8, 4) is 5.69 Å². The Bertz CT molecular complexity index is 629. The van der Waals surface area contributed by atoms with Crippen molar-refractivity contribution >= 4 is 16.6 Å². The van der Waals surface area contributed by atoms with Crippen LogP contribution in [0.1, 0.15) is 0 Å². The second kappa shape index (κ2) is 3.34. The van der Waals surface area contributed by atoms with Crippen LogP contribution >= 0.6 is 0 Å².